The summed E-state index contributed by atoms with van der Waals surface area (Å²) in [4.78, 5) is 26.8. The van der Waals surface area contributed by atoms with Crippen molar-refractivity contribution in [1.82, 2.24) is 10.2 Å². The first-order valence-corrected chi connectivity index (χ1v) is 9.18. The molecule has 2 N–H and O–H groups in total. The highest BCUT2D eigenvalue weighted by atomic mass is 16.2. The lowest BCUT2D eigenvalue weighted by molar-refractivity contribution is -0.133. The smallest absolute Gasteiger partial charge is 0.251 e. The van der Waals surface area contributed by atoms with Crippen LogP contribution in [0.5, 0.6) is 0 Å². The minimum atomic E-state index is 0.0301. The predicted octanol–water partition coefficient (Wildman–Crippen LogP) is 2.18. The Bertz CT molecular complexity index is 646. The molecule has 0 radical (unpaired) electrons. The van der Waals surface area contributed by atoms with Crippen molar-refractivity contribution in [3.05, 3.63) is 29.3 Å². The van der Waals surface area contributed by atoms with Gasteiger partial charge in [-0.3, -0.25) is 9.59 Å². The van der Waals surface area contributed by atoms with E-state index in [0.29, 0.717) is 11.8 Å². The average Bonchev–Trinajstić information content (AvgIpc) is 3.46. The second kappa shape index (κ2) is 6.46. The highest BCUT2D eigenvalue weighted by molar-refractivity contribution is 5.97. The molecule has 0 spiro atoms. The fourth-order valence-corrected chi connectivity index (χ4v) is 3.82. The largest absolute Gasteiger partial charge is 0.385 e. The Balaban J connectivity index is 1.36. The molecule has 2 heterocycles. The second-order valence-corrected chi connectivity index (χ2v) is 7.21. The summed E-state index contributed by atoms with van der Waals surface area (Å²) >= 11 is 0. The van der Waals surface area contributed by atoms with Crippen LogP contribution in [-0.4, -0.2) is 42.4 Å². The third kappa shape index (κ3) is 3.12. The van der Waals surface area contributed by atoms with E-state index in [0.717, 1.165) is 75.0 Å². The number of hydrogen-bond donors (Lipinski definition) is 2. The number of nitrogens with zero attached hydrogens (tertiary/aromatic N) is 1. The predicted molar refractivity (Wildman–Crippen MR) is 93.0 cm³/mol. The van der Waals surface area contributed by atoms with E-state index in [9.17, 15) is 9.59 Å². The molecule has 5 nitrogen and oxygen atoms in total. The number of rotatable bonds is 3. The van der Waals surface area contributed by atoms with Crippen LogP contribution < -0.4 is 10.6 Å². The highest BCUT2D eigenvalue weighted by Gasteiger charge is 2.35. The molecule has 1 aromatic carbocycles. The number of anilines is 1. The van der Waals surface area contributed by atoms with Crippen LogP contribution in [-0.2, 0) is 11.2 Å². The quantitative estimate of drug-likeness (QED) is 0.894. The van der Waals surface area contributed by atoms with E-state index in [1.807, 2.05) is 23.1 Å². The van der Waals surface area contributed by atoms with E-state index in [-0.39, 0.29) is 11.9 Å². The zero-order valence-corrected chi connectivity index (χ0v) is 14.0. The van der Waals surface area contributed by atoms with Gasteiger partial charge in [-0.15, -0.1) is 0 Å². The number of piperidine rings is 1. The molecule has 0 bridgehead atoms. The molecule has 1 aliphatic carbocycles. The molecular formula is C19H25N3O2. The summed E-state index contributed by atoms with van der Waals surface area (Å²) in [5.74, 6) is 0.644. The van der Waals surface area contributed by atoms with Crippen molar-refractivity contribution in [2.75, 3.05) is 25.0 Å². The number of hydrogen-bond acceptors (Lipinski definition) is 3. The standard InChI is InChI=1S/C19H25N3O2/c23-18(16-3-1-5-17-15(16)4-2-10-20-17)21-14-8-11-22(12-9-14)19(24)13-6-7-13/h1,3,5,13-14,20H,2,4,6-12H2,(H,21,23). The zero-order chi connectivity index (χ0) is 16.5. The minimum Gasteiger partial charge on any atom is -0.385 e. The summed E-state index contributed by atoms with van der Waals surface area (Å²) in [7, 11) is 0. The summed E-state index contributed by atoms with van der Waals surface area (Å²) < 4.78 is 0. The molecule has 4 rings (SSSR count). The van der Waals surface area contributed by atoms with Crippen LogP contribution in [0.4, 0.5) is 5.69 Å². The van der Waals surface area contributed by atoms with Crippen molar-refractivity contribution in [1.29, 1.82) is 0 Å². The Morgan fingerprint density at radius 2 is 1.92 bits per heavy atom. The van der Waals surface area contributed by atoms with Gasteiger partial charge in [0.05, 0.1) is 0 Å². The Labute approximate surface area is 142 Å². The van der Waals surface area contributed by atoms with E-state index in [2.05, 4.69) is 10.6 Å². The topological polar surface area (TPSA) is 61.4 Å². The van der Waals surface area contributed by atoms with Gasteiger partial charge in [-0.1, -0.05) is 6.07 Å². The highest BCUT2D eigenvalue weighted by Crippen LogP contribution is 2.32. The van der Waals surface area contributed by atoms with E-state index >= 15 is 0 Å². The minimum absolute atomic E-state index is 0.0301. The zero-order valence-electron chi connectivity index (χ0n) is 14.0. The van der Waals surface area contributed by atoms with Gasteiger partial charge in [-0.2, -0.15) is 0 Å². The van der Waals surface area contributed by atoms with Crippen LogP contribution in [0.1, 0.15) is 48.0 Å². The van der Waals surface area contributed by atoms with Crippen LogP contribution in [0.3, 0.4) is 0 Å². The molecule has 2 fully saturated rings. The van der Waals surface area contributed by atoms with Crippen molar-refractivity contribution >= 4 is 17.5 Å². The van der Waals surface area contributed by atoms with Gasteiger partial charge in [0.15, 0.2) is 0 Å². The molecule has 0 atom stereocenters. The maximum Gasteiger partial charge on any atom is 0.251 e. The molecule has 24 heavy (non-hydrogen) atoms. The van der Waals surface area contributed by atoms with Gasteiger partial charge in [-0.25, -0.2) is 0 Å². The first-order chi connectivity index (χ1) is 11.7. The number of carbonyl (C=O) groups excluding carboxylic acids is 2. The van der Waals surface area contributed by atoms with E-state index in [4.69, 9.17) is 0 Å². The third-order valence-electron chi connectivity index (χ3n) is 5.41. The van der Waals surface area contributed by atoms with Gasteiger partial charge in [0.2, 0.25) is 5.91 Å². The monoisotopic (exact) mass is 327 g/mol. The van der Waals surface area contributed by atoms with Crippen molar-refractivity contribution in [3.8, 4) is 0 Å². The third-order valence-corrected chi connectivity index (χ3v) is 5.41. The molecule has 1 aromatic rings. The van der Waals surface area contributed by atoms with Crippen LogP contribution in [0.2, 0.25) is 0 Å². The Morgan fingerprint density at radius 3 is 2.67 bits per heavy atom. The van der Waals surface area contributed by atoms with Crippen molar-refractivity contribution in [2.24, 2.45) is 5.92 Å². The lowest BCUT2D eigenvalue weighted by Gasteiger charge is -2.32. The molecule has 1 saturated carbocycles. The maximum atomic E-state index is 12.7. The normalized spacial score (nSPS) is 20.9. The van der Waals surface area contributed by atoms with Crippen molar-refractivity contribution < 1.29 is 9.59 Å². The maximum absolute atomic E-state index is 12.7. The van der Waals surface area contributed by atoms with Gasteiger partial charge in [-0.05, 0) is 56.2 Å². The van der Waals surface area contributed by atoms with Gasteiger partial charge < -0.3 is 15.5 Å². The molecular weight excluding hydrogens is 302 g/mol. The van der Waals surface area contributed by atoms with Gasteiger partial charge >= 0.3 is 0 Å². The van der Waals surface area contributed by atoms with E-state index in [1.54, 1.807) is 0 Å². The number of carbonyl (C=O) groups is 2. The van der Waals surface area contributed by atoms with E-state index < -0.39 is 0 Å². The van der Waals surface area contributed by atoms with Gasteiger partial charge in [0.25, 0.3) is 5.91 Å². The Kier molecular flexibility index (Phi) is 4.17. The number of nitrogens with one attached hydrogen (secondary N) is 2. The number of benzene rings is 1. The molecule has 3 aliphatic rings. The average molecular weight is 327 g/mol. The Morgan fingerprint density at radius 1 is 1.12 bits per heavy atom. The Hall–Kier alpha value is -2.04. The second-order valence-electron chi connectivity index (χ2n) is 7.21. The SMILES string of the molecule is O=C(NC1CCN(C(=O)C2CC2)CC1)c1cccc2c1CCCN2. The summed E-state index contributed by atoms with van der Waals surface area (Å²) in [6.07, 6.45) is 5.86. The first kappa shape index (κ1) is 15.5. The molecule has 5 heteroatoms. The van der Waals surface area contributed by atoms with Crippen LogP contribution in [0.25, 0.3) is 0 Å². The lowest BCUT2D eigenvalue weighted by Crippen LogP contribution is -2.47. The fraction of sp³-hybridized carbons (Fsp3) is 0.579. The summed E-state index contributed by atoms with van der Waals surface area (Å²) in [6.45, 7) is 2.52. The molecule has 1 saturated heterocycles. The summed E-state index contributed by atoms with van der Waals surface area (Å²) in [5.41, 5.74) is 3.04. The van der Waals surface area contributed by atoms with Crippen LogP contribution >= 0.6 is 0 Å². The summed E-state index contributed by atoms with van der Waals surface area (Å²) in [6, 6.07) is 6.09. The van der Waals surface area contributed by atoms with Gasteiger partial charge in [0, 0.05) is 42.8 Å². The molecule has 2 aliphatic heterocycles. The molecule has 0 unspecified atom stereocenters. The van der Waals surface area contributed by atoms with Gasteiger partial charge in [0.1, 0.15) is 0 Å². The molecule has 2 amide bonds. The van der Waals surface area contributed by atoms with Crippen LogP contribution in [0, 0.1) is 5.92 Å². The van der Waals surface area contributed by atoms with Crippen molar-refractivity contribution in [2.45, 2.75) is 44.6 Å². The van der Waals surface area contributed by atoms with Crippen molar-refractivity contribution in [3.63, 3.8) is 0 Å². The summed E-state index contributed by atoms with van der Waals surface area (Å²) in [5, 5.41) is 6.56. The number of likely N-dealkylation sites (tertiary alicyclic amines) is 1. The van der Waals surface area contributed by atoms with Crippen LogP contribution in [0.15, 0.2) is 18.2 Å². The first-order valence-electron chi connectivity index (χ1n) is 9.18. The molecule has 0 aromatic heterocycles. The number of amides is 2. The fourth-order valence-electron chi connectivity index (χ4n) is 3.82. The lowest BCUT2D eigenvalue weighted by atomic mass is 9.96. The number of fused-ring (bicyclic) bond motifs is 1. The van der Waals surface area contributed by atoms with E-state index in [1.165, 1.54) is 0 Å². The molecule has 128 valence electrons.